The summed E-state index contributed by atoms with van der Waals surface area (Å²) in [5.74, 6) is 0. The predicted octanol–water partition coefficient (Wildman–Crippen LogP) is 3.39. The van der Waals surface area contributed by atoms with Gasteiger partial charge in [0.2, 0.25) is 0 Å². The molecule has 21 heavy (non-hydrogen) atoms. The molecule has 0 saturated carbocycles. The number of nitrogens with one attached hydrogen (secondary N) is 2. The van der Waals surface area contributed by atoms with Gasteiger partial charge in [0.1, 0.15) is 5.60 Å². The van der Waals surface area contributed by atoms with Crippen LogP contribution in [0.1, 0.15) is 51.6 Å². The van der Waals surface area contributed by atoms with Gasteiger partial charge in [-0.05, 0) is 45.7 Å². The Morgan fingerprint density at radius 2 is 2.00 bits per heavy atom. The van der Waals surface area contributed by atoms with Crippen LogP contribution < -0.4 is 10.6 Å². The van der Waals surface area contributed by atoms with Crippen LogP contribution >= 0.6 is 0 Å². The Morgan fingerprint density at radius 3 is 2.57 bits per heavy atom. The molecule has 1 fully saturated rings. The highest BCUT2D eigenvalue weighted by molar-refractivity contribution is 5.68. The molecule has 1 aliphatic rings. The number of benzene rings is 1. The van der Waals surface area contributed by atoms with E-state index in [9.17, 15) is 4.79 Å². The highest BCUT2D eigenvalue weighted by Crippen LogP contribution is 2.23. The smallest absolute Gasteiger partial charge is 0.408 e. The van der Waals surface area contributed by atoms with E-state index in [0.29, 0.717) is 0 Å². The fourth-order valence-electron chi connectivity index (χ4n) is 2.67. The molecule has 0 aliphatic carbocycles. The molecule has 1 saturated heterocycles. The number of ether oxygens (including phenoxy) is 1. The Balaban J connectivity index is 2.10. The minimum atomic E-state index is -0.481. The summed E-state index contributed by atoms with van der Waals surface area (Å²) in [6.45, 7) is 6.64. The van der Waals surface area contributed by atoms with E-state index in [1.807, 2.05) is 39.0 Å². The van der Waals surface area contributed by atoms with Crippen LogP contribution in [0.5, 0.6) is 0 Å². The van der Waals surface area contributed by atoms with Crippen LogP contribution in [-0.4, -0.2) is 24.3 Å². The van der Waals surface area contributed by atoms with E-state index < -0.39 is 5.60 Å². The molecule has 116 valence electrons. The molecule has 4 nitrogen and oxygen atoms in total. The molecule has 1 aromatic carbocycles. The maximum Gasteiger partial charge on any atom is 0.408 e. The summed E-state index contributed by atoms with van der Waals surface area (Å²) in [4.78, 5) is 12.1. The first-order chi connectivity index (χ1) is 9.96. The molecule has 1 aliphatic heterocycles. The molecule has 2 N–H and O–H groups in total. The van der Waals surface area contributed by atoms with Crippen LogP contribution in [0, 0.1) is 0 Å². The third kappa shape index (κ3) is 5.05. The number of hydrogen-bond acceptors (Lipinski definition) is 3. The van der Waals surface area contributed by atoms with E-state index in [-0.39, 0.29) is 18.2 Å². The Kier molecular flexibility index (Phi) is 5.23. The molecule has 1 amide bonds. The van der Waals surface area contributed by atoms with Crippen LogP contribution in [0.15, 0.2) is 30.3 Å². The molecular weight excluding hydrogens is 264 g/mol. The second-order valence-corrected chi connectivity index (χ2v) is 6.59. The Morgan fingerprint density at radius 1 is 1.29 bits per heavy atom. The molecule has 1 aromatic rings. The number of carbonyl (C=O) groups excluding carboxylic acids is 1. The molecule has 4 heteroatoms. The number of amides is 1. The van der Waals surface area contributed by atoms with E-state index >= 15 is 0 Å². The molecule has 2 rings (SSSR count). The van der Waals surface area contributed by atoms with Crippen molar-refractivity contribution >= 4 is 6.09 Å². The summed E-state index contributed by atoms with van der Waals surface area (Å²) in [5.41, 5.74) is 0.633. The van der Waals surface area contributed by atoms with Crippen molar-refractivity contribution in [3.63, 3.8) is 0 Å². The lowest BCUT2D eigenvalue weighted by molar-refractivity contribution is 0.0487. The van der Waals surface area contributed by atoms with Crippen LogP contribution in [0.2, 0.25) is 0 Å². The quantitative estimate of drug-likeness (QED) is 0.897. The minimum absolute atomic E-state index is 0.0543. The highest BCUT2D eigenvalue weighted by atomic mass is 16.6. The Hall–Kier alpha value is -1.55. The lowest BCUT2D eigenvalue weighted by atomic mass is 9.93. The molecule has 2 unspecified atom stereocenters. The van der Waals surface area contributed by atoms with Gasteiger partial charge in [0.25, 0.3) is 0 Å². The van der Waals surface area contributed by atoms with Gasteiger partial charge in [-0.25, -0.2) is 4.79 Å². The summed E-state index contributed by atoms with van der Waals surface area (Å²) in [5, 5.41) is 6.55. The zero-order valence-corrected chi connectivity index (χ0v) is 13.2. The highest BCUT2D eigenvalue weighted by Gasteiger charge is 2.28. The van der Waals surface area contributed by atoms with E-state index in [0.717, 1.165) is 18.5 Å². The third-order valence-corrected chi connectivity index (χ3v) is 3.58. The van der Waals surface area contributed by atoms with Crippen LogP contribution in [-0.2, 0) is 4.74 Å². The minimum Gasteiger partial charge on any atom is -0.444 e. The number of rotatable bonds is 3. The van der Waals surface area contributed by atoms with E-state index in [1.165, 1.54) is 12.8 Å². The van der Waals surface area contributed by atoms with Gasteiger partial charge in [0.15, 0.2) is 0 Å². The second-order valence-electron chi connectivity index (χ2n) is 6.59. The van der Waals surface area contributed by atoms with E-state index in [1.54, 1.807) is 0 Å². The van der Waals surface area contributed by atoms with Gasteiger partial charge >= 0.3 is 6.09 Å². The Bertz CT molecular complexity index is 448. The average Bonchev–Trinajstić information content (AvgIpc) is 2.45. The van der Waals surface area contributed by atoms with Crippen LogP contribution in [0.4, 0.5) is 4.79 Å². The van der Waals surface area contributed by atoms with Gasteiger partial charge in [-0.1, -0.05) is 36.8 Å². The lowest BCUT2D eigenvalue weighted by Gasteiger charge is -2.33. The zero-order valence-electron chi connectivity index (χ0n) is 13.2. The van der Waals surface area contributed by atoms with Crippen molar-refractivity contribution in [3.8, 4) is 0 Å². The first-order valence-electron chi connectivity index (χ1n) is 7.73. The molecule has 0 bridgehead atoms. The largest absolute Gasteiger partial charge is 0.444 e. The number of piperidine rings is 1. The van der Waals surface area contributed by atoms with Crippen LogP contribution in [0.3, 0.4) is 0 Å². The first kappa shape index (κ1) is 15.8. The van der Waals surface area contributed by atoms with E-state index in [2.05, 4.69) is 22.8 Å². The van der Waals surface area contributed by atoms with Crippen molar-refractivity contribution in [2.75, 3.05) is 6.54 Å². The molecule has 2 atom stereocenters. The molecule has 1 heterocycles. The topological polar surface area (TPSA) is 50.4 Å². The standard InChI is InChI=1S/C17H26N2O2/c1-17(2,3)21-16(20)19-15(13-9-5-4-6-10-13)14-11-7-8-12-18-14/h4-6,9-10,14-15,18H,7-8,11-12H2,1-3H3,(H,19,20). The number of alkyl carbamates (subject to hydrolysis) is 1. The van der Waals surface area contributed by atoms with Gasteiger partial charge in [0.05, 0.1) is 6.04 Å². The van der Waals surface area contributed by atoms with Gasteiger partial charge in [0, 0.05) is 6.04 Å². The van der Waals surface area contributed by atoms with Gasteiger partial charge < -0.3 is 15.4 Å². The molecule has 0 spiro atoms. The summed E-state index contributed by atoms with van der Waals surface area (Å²) >= 11 is 0. The van der Waals surface area contributed by atoms with Crippen molar-refractivity contribution in [3.05, 3.63) is 35.9 Å². The van der Waals surface area contributed by atoms with Crippen molar-refractivity contribution in [2.24, 2.45) is 0 Å². The normalized spacial score (nSPS) is 20.6. The maximum atomic E-state index is 12.1. The summed E-state index contributed by atoms with van der Waals surface area (Å²) in [6, 6.07) is 10.3. The number of hydrogen-bond donors (Lipinski definition) is 2. The predicted molar refractivity (Wildman–Crippen MR) is 84.2 cm³/mol. The zero-order chi connectivity index (χ0) is 15.3. The average molecular weight is 290 g/mol. The van der Waals surface area contributed by atoms with Crippen LogP contribution in [0.25, 0.3) is 0 Å². The summed E-state index contributed by atoms with van der Waals surface area (Å²) in [7, 11) is 0. The van der Waals surface area contributed by atoms with Crippen molar-refractivity contribution in [1.29, 1.82) is 0 Å². The lowest BCUT2D eigenvalue weighted by Crippen LogP contribution is -2.47. The monoisotopic (exact) mass is 290 g/mol. The maximum absolute atomic E-state index is 12.1. The summed E-state index contributed by atoms with van der Waals surface area (Å²) < 4.78 is 5.40. The van der Waals surface area contributed by atoms with Gasteiger partial charge in [-0.2, -0.15) is 0 Å². The Labute approximate surface area is 127 Å². The van der Waals surface area contributed by atoms with Crippen molar-refractivity contribution in [1.82, 2.24) is 10.6 Å². The summed E-state index contributed by atoms with van der Waals surface area (Å²) in [6.07, 6.45) is 3.10. The first-order valence-corrected chi connectivity index (χ1v) is 7.73. The van der Waals surface area contributed by atoms with Gasteiger partial charge in [-0.15, -0.1) is 0 Å². The SMILES string of the molecule is CC(C)(C)OC(=O)NC(c1ccccc1)C1CCCCN1. The third-order valence-electron chi connectivity index (χ3n) is 3.58. The molecular formula is C17H26N2O2. The second kappa shape index (κ2) is 6.94. The van der Waals surface area contributed by atoms with Crippen molar-refractivity contribution < 1.29 is 9.53 Å². The van der Waals surface area contributed by atoms with E-state index in [4.69, 9.17) is 4.74 Å². The fraction of sp³-hybridized carbons (Fsp3) is 0.588. The molecule has 0 radical (unpaired) electrons. The van der Waals surface area contributed by atoms with Crippen molar-refractivity contribution in [2.45, 2.75) is 57.7 Å². The van der Waals surface area contributed by atoms with Gasteiger partial charge in [-0.3, -0.25) is 0 Å². The molecule has 0 aromatic heterocycles. The fourth-order valence-corrected chi connectivity index (χ4v) is 2.67. The number of carbonyl (C=O) groups is 1.